The molecule has 0 unspecified atom stereocenters. The lowest BCUT2D eigenvalue weighted by molar-refractivity contribution is -0.125. The van der Waals surface area contributed by atoms with Crippen LogP contribution in [-0.2, 0) is 15.0 Å². The molecule has 2 N–H and O–H groups in total. The number of carbonyl (C=O) groups is 2. The lowest BCUT2D eigenvalue weighted by Gasteiger charge is -2.31. The number of amides is 2. The predicted octanol–water partition coefficient (Wildman–Crippen LogP) is 3.25. The van der Waals surface area contributed by atoms with Crippen LogP contribution in [0.15, 0.2) is 48.7 Å². The Bertz CT molecular complexity index is 1140. The van der Waals surface area contributed by atoms with Gasteiger partial charge in [-0.05, 0) is 35.9 Å². The van der Waals surface area contributed by atoms with E-state index in [2.05, 4.69) is 15.7 Å². The molecule has 0 saturated carbocycles. The lowest BCUT2D eigenvalue weighted by Crippen LogP contribution is -2.43. The van der Waals surface area contributed by atoms with Crippen LogP contribution in [0.4, 0.5) is 15.9 Å². The molecule has 1 atom stereocenters. The molecule has 0 aliphatic carbocycles. The molecule has 2 aromatic carbocycles. The summed E-state index contributed by atoms with van der Waals surface area (Å²) in [6, 6.07) is 11.1. The second-order valence-corrected chi connectivity index (χ2v) is 6.95. The third kappa shape index (κ3) is 2.09. The van der Waals surface area contributed by atoms with Gasteiger partial charge in [-0.1, -0.05) is 23.7 Å². The molecule has 3 heterocycles. The molecule has 27 heavy (non-hydrogen) atoms. The van der Waals surface area contributed by atoms with E-state index >= 15 is 0 Å². The van der Waals surface area contributed by atoms with Gasteiger partial charge in [-0.15, -0.1) is 0 Å². The molecule has 2 amide bonds. The number of halogens is 2. The minimum Gasteiger partial charge on any atom is -0.325 e. The molecule has 2 aliphatic heterocycles. The largest absolute Gasteiger partial charge is 0.325 e. The molecular weight excluding hydrogens is 371 g/mol. The van der Waals surface area contributed by atoms with Crippen LogP contribution in [0.1, 0.15) is 17.5 Å². The number of para-hydroxylation sites is 1. The molecule has 6 nitrogen and oxygen atoms in total. The topological polar surface area (TPSA) is 76.0 Å². The maximum absolute atomic E-state index is 13.9. The fraction of sp³-hybridized carbons (Fsp3) is 0.105. The summed E-state index contributed by atoms with van der Waals surface area (Å²) in [6.45, 7) is 0. The average molecular weight is 383 g/mol. The Hall–Kier alpha value is -3.19. The van der Waals surface area contributed by atoms with E-state index in [-0.39, 0.29) is 18.2 Å². The number of nitrogens with zero attached hydrogens (tertiary/aromatic N) is 2. The Morgan fingerprint density at radius 2 is 1.93 bits per heavy atom. The third-order valence-electron chi connectivity index (χ3n) is 5.07. The summed E-state index contributed by atoms with van der Waals surface area (Å²) < 4.78 is 15.4. The second kappa shape index (κ2) is 5.40. The van der Waals surface area contributed by atoms with Gasteiger partial charge in [0.2, 0.25) is 11.8 Å². The summed E-state index contributed by atoms with van der Waals surface area (Å²) in [4.78, 5) is 25.5. The van der Waals surface area contributed by atoms with Crippen molar-refractivity contribution in [2.45, 2.75) is 11.8 Å². The second-order valence-electron chi connectivity index (χ2n) is 6.54. The van der Waals surface area contributed by atoms with Crippen LogP contribution in [0.25, 0.3) is 5.69 Å². The van der Waals surface area contributed by atoms with Gasteiger partial charge < -0.3 is 10.6 Å². The van der Waals surface area contributed by atoms with Crippen molar-refractivity contribution in [1.29, 1.82) is 0 Å². The predicted molar refractivity (Wildman–Crippen MR) is 97.6 cm³/mol. The van der Waals surface area contributed by atoms with E-state index in [4.69, 9.17) is 11.6 Å². The number of nitrogens with one attached hydrogen (secondary N) is 2. The van der Waals surface area contributed by atoms with Crippen LogP contribution >= 0.6 is 11.6 Å². The van der Waals surface area contributed by atoms with Gasteiger partial charge in [0.15, 0.2) is 0 Å². The molecule has 3 aromatic rings. The van der Waals surface area contributed by atoms with Crippen LogP contribution in [0.3, 0.4) is 0 Å². The van der Waals surface area contributed by atoms with E-state index < -0.39 is 11.2 Å². The monoisotopic (exact) mass is 382 g/mol. The molecule has 134 valence electrons. The van der Waals surface area contributed by atoms with Gasteiger partial charge in [-0.25, -0.2) is 9.07 Å². The van der Waals surface area contributed by atoms with E-state index in [1.807, 2.05) is 0 Å². The molecule has 0 fully saturated rings. The number of fused-ring (bicyclic) bond motifs is 4. The van der Waals surface area contributed by atoms with Gasteiger partial charge in [-0.2, -0.15) is 5.10 Å². The average Bonchev–Trinajstić information content (AvgIpc) is 3.16. The zero-order valence-corrected chi connectivity index (χ0v) is 14.5. The van der Waals surface area contributed by atoms with Crippen LogP contribution in [0.2, 0.25) is 5.02 Å². The Labute approximate surface area is 157 Å². The SMILES string of the molecule is O=C1C[C@]2(C(=O)Nc3ccc(F)cc32)c2cnn(-c3ccccc3Cl)c2N1. The van der Waals surface area contributed by atoms with E-state index in [0.717, 1.165) is 0 Å². The number of aromatic nitrogens is 2. The third-order valence-corrected chi connectivity index (χ3v) is 5.39. The zero-order chi connectivity index (χ0) is 18.8. The van der Waals surface area contributed by atoms with Gasteiger partial charge in [0.25, 0.3) is 0 Å². The normalized spacial score (nSPS) is 20.2. The Morgan fingerprint density at radius 3 is 2.74 bits per heavy atom. The number of hydrogen-bond acceptors (Lipinski definition) is 3. The molecule has 0 saturated heterocycles. The summed E-state index contributed by atoms with van der Waals surface area (Å²) in [5, 5.41) is 10.3. The van der Waals surface area contributed by atoms with Crippen molar-refractivity contribution in [2.24, 2.45) is 0 Å². The molecule has 8 heteroatoms. The highest BCUT2D eigenvalue weighted by atomic mass is 35.5. The summed E-state index contributed by atoms with van der Waals surface area (Å²) in [7, 11) is 0. The van der Waals surface area contributed by atoms with Crippen molar-refractivity contribution in [3.63, 3.8) is 0 Å². The molecule has 0 bridgehead atoms. The van der Waals surface area contributed by atoms with Crippen molar-refractivity contribution < 1.29 is 14.0 Å². The highest BCUT2D eigenvalue weighted by molar-refractivity contribution is 6.32. The van der Waals surface area contributed by atoms with Crippen molar-refractivity contribution in [2.75, 3.05) is 10.6 Å². The Morgan fingerprint density at radius 1 is 1.11 bits per heavy atom. The van der Waals surface area contributed by atoms with Gasteiger partial charge in [-0.3, -0.25) is 9.59 Å². The molecule has 2 aliphatic rings. The van der Waals surface area contributed by atoms with Crippen molar-refractivity contribution >= 4 is 34.9 Å². The molecule has 5 rings (SSSR count). The first kappa shape index (κ1) is 16.0. The maximum atomic E-state index is 13.9. The van der Waals surface area contributed by atoms with Crippen LogP contribution < -0.4 is 10.6 Å². The summed E-state index contributed by atoms with van der Waals surface area (Å²) >= 11 is 6.27. The summed E-state index contributed by atoms with van der Waals surface area (Å²) in [6.07, 6.45) is 1.40. The number of anilines is 2. The fourth-order valence-corrected chi connectivity index (χ4v) is 4.09. The summed E-state index contributed by atoms with van der Waals surface area (Å²) in [5.41, 5.74) is 0.670. The van der Waals surface area contributed by atoms with Crippen molar-refractivity contribution in [3.8, 4) is 5.69 Å². The van der Waals surface area contributed by atoms with E-state index in [1.54, 1.807) is 24.3 Å². The summed E-state index contributed by atoms with van der Waals surface area (Å²) in [5.74, 6) is -0.858. The molecular formula is C19H12ClFN4O2. The minimum absolute atomic E-state index is 0.128. The van der Waals surface area contributed by atoms with E-state index in [9.17, 15) is 14.0 Å². The van der Waals surface area contributed by atoms with Gasteiger partial charge in [0.1, 0.15) is 17.1 Å². The lowest BCUT2D eigenvalue weighted by atomic mass is 9.72. The van der Waals surface area contributed by atoms with Crippen LogP contribution in [0, 0.1) is 5.82 Å². The number of carbonyl (C=O) groups excluding carboxylic acids is 2. The molecule has 1 spiro atoms. The zero-order valence-electron chi connectivity index (χ0n) is 13.8. The van der Waals surface area contributed by atoms with Crippen molar-refractivity contribution in [3.05, 3.63) is 70.6 Å². The first-order valence-electron chi connectivity index (χ1n) is 8.25. The van der Waals surface area contributed by atoms with Crippen molar-refractivity contribution in [1.82, 2.24) is 9.78 Å². The number of hydrogen-bond donors (Lipinski definition) is 2. The fourth-order valence-electron chi connectivity index (χ4n) is 3.87. The van der Waals surface area contributed by atoms with Gasteiger partial charge in [0, 0.05) is 17.7 Å². The first-order chi connectivity index (χ1) is 13.0. The van der Waals surface area contributed by atoms with Gasteiger partial charge >= 0.3 is 0 Å². The van der Waals surface area contributed by atoms with Gasteiger partial charge in [0.05, 0.1) is 16.9 Å². The van der Waals surface area contributed by atoms with E-state index in [0.29, 0.717) is 33.3 Å². The Kier molecular flexibility index (Phi) is 3.21. The highest BCUT2D eigenvalue weighted by Crippen LogP contribution is 2.50. The number of rotatable bonds is 1. The standard InChI is InChI=1S/C19H12ClFN4O2/c20-13-3-1-2-4-15(13)25-17-12(9-22-25)19(8-16(26)24-17)11-7-10(21)5-6-14(11)23-18(19)27/h1-7,9H,8H2,(H,23,27)(H,24,26)/t19-/m1/s1. The van der Waals surface area contributed by atoms with E-state index in [1.165, 1.54) is 29.1 Å². The molecule has 0 radical (unpaired) electrons. The molecule has 1 aromatic heterocycles. The quantitative estimate of drug-likeness (QED) is 0.678. The number of benzene rings is 2. The smallest absolute Gasteiger partial charge is 0.240 e. The van der Waals surface area contributed by atoms with Crippen LogP contribution in [-0.4, -0.2) is 21.6 Å². The van der Waals surface area contributed by atoms with Crippen LogP contribution in [0.5, 0.6) is 0 Å². The Balaban J connectivity index is 1.79. The maximum Gasteiger partial charge on any atom is 0.240 e. The minimum atomic E-state index is -1.32. The first-order valence-corrected chi connectivity index (χ1v) is 8.63. The highest BCUT2D eigenvalue weighted by Gasteiger charge is 2.54.